The van der Waals surface area contributed by atoms with Gasteiger partial charge in [-0.15, -0.1) is 0 Å². The van der Waals surface area contributed by atoms with Crippen molar-refractivity contribution in [1.29, 1.82) is 0 Å². The van der Waals surface area contributed by atoms with Crippen molar-refractivity contribution >= 4 is 0 Å². The van der Waals surface area contributed by atoms with Crippen LogP contribution in [-0.4, -0.2) is 49.3 Å². The number of halogens is 1. The lowest BCUT2D eigenvalue weighted by atomic mass is 10.1. The number of methoxy groups -OCH3 is 1. The molecule has 1 atom stereocenters. The van der Waals surface area contributed by atoms with Gasteiger partial charge >= 0.3 is 0 Å². The number of nitrogens with one attached hydrogen (secondary N) is 1. The molecular formula is C16H26FN3O. The third kappa shape index (κ3) is 5.02. The van der Waals surface area contributed by atoms with E-state index in [1.807, 2.05) is 0 Å². The Balaban J connectivity index is 1.84. The molecule has 1 unspecified atom stereocenters. The van der Waals surface area contributed by atoms with Gasteiger partial charge in [-0.05, 0) is 37.9 Å². The fraction of sp³-hybridized carbons (Fsp3) is 0.688. The maximum atomic E-state index is 13.0. The molecule has 1 fully saturated rings. The van der Waals surface area contributed by atoms with Crippen molar-refractivity contribution in [1.82, 2.24) is 15.2 Å². The van der Waals surface area contributed by atoms with E-state index in [9.17, 15) is 4.39 Å². The van der Waals surface area contributed by atoms with Crippen molar-refractivity contribution in [3.63, 3.8) is 0 Å². The minimum absolute atomic E-state index is 0.191. The Morgan fingerprint density at radius 3 is 2.76 bits per heavy atom. The number of piperidine rings is 1. The normalized spacial score (nSPS) is 18.8. The van der Waals surface area contributed by atoms with E-state index in [1.165, 1.54) is 12.3 Å². The predicted octanol–water partition coefficient (Wildman–Crippen LogP) is 2.37. The Kier molecular flexibility index (Phi) is 6.54. The summed E-state index contributed by atoms with van der Waals surface area (Å²) in [7, 11) is 1.79. The SMILES string of the molecule is CCNC(CCN1CCC(OC)CC1)c1ccc(F)cn1. The molecule has 21 heavy (non-hydrogen) atoms. The molecule has 4 nitrogen and oxygen atoms in total. The molecule has 1 aromatic heterocycles. The number of aromatic nitrogens is 1. The van der Waals surface area contributed by atoms with E-state index in [0.717, 1.165) is 51.1 Å². The molecule has 0 saturated carbocycles. The van der Waals surface area contributed by atoms with Crippen molar-refractivity contribution in [3.8, 4) is 0 Å². The molecular weight excluding hydrogens is 269 g/mol. The topological polar surface area (TPSA) is 37.4 Å². The van der Waals surface area contributed by atoms with Gasteiger partial charge in [0.2, 0.25) is 0 Å². The molecule has 1 N–H and O–H groups in total. The Bertz CT molecular complexity index is 404. The summed E-state index contributed by atoms with van der Waals surface area (Å²) in [5, 5.41) is 3.44. The van der Waals surface area contributed by atoms with Crippen LogP contribution in [0.4, 0.5) is 4.39 Å². The lowest BCUT2D eigenvalue weighted by Crippen LogP contribution is -2.38. The fourth-order valence-electron chi connectivity index (χ4n) is 2.87. The minimum atomic E-state index is -0.282. The first-order chi connectivity index (χ1) is 10.2. The Morgan fingerprint density at radius 1 is 1.43 bits per heavy atom. The second-order valence-electron chi connectivity index (χ2n) is 5.58. The van der Waals surface area contributed by atoms with Crippen LogP contribution >= 0.6 is 0 Å². The van der Waals surface area contributed by atoms with Crippen LogP contribution in [0.3, 0.4) is 0 Å². The van der Waals surface area contributed by atoms with Crippen LogP contribution in [-0.2, 0) is 4.74 Å². The Hall–Kier alpha value is -1.04. The van der Waals surface area contributed by atoms with Crippen LogP contribution in [0.1, 0.15) is 37.9 Å². The average molecular weight is 295 g/mol. The third-order valence-electron chi connectivity index (χ3n) is 4.16. The molecule has 118 valence electrons. The highest BCUT2D eigenvalue weighted by Crippen LogP contribution is 2.18. The minimum Gasteiger partial charge on any atom is -0.381 e. The number of likely N-dealkylation sites (tertiary alicyclic amines) is 1. The summed E-state index contributed by atoms with van der Waals surface area (Å²) in [4.78, 5) is 6.69. The zero-order valence-corrected chi connectivity index (χ0v) is 13.0. The summed E-state index contributed by atoms with van der Waals surface area (Å²) < 4.78 is 18.4. The summed E-state index contributed by atoms with van der Waals surface area (Å²) in [5.41, 5.74) is 0.921. The predicted molar refractivity (Wildman–Crippen MR) is 81.7 cm³/mol. The maximum Gasteiger partial charge on any atom is 0.141 e. The fourth-order valence-corrected chi connectivity index (χ4v) is 2.87. The number of hydrogen-bond donors (Lipinski definition) is 1. The van der Waals surface area contributed by atoms with Gasteiger partial charge in [-0.2, -0.15) is 0 Å². The summed E-state index contributed by atoms with van der Waals surface area (Å²) in [6.07, 6.45) is 4.92. The lowest BCUT2D eigenvalue weighted by Gasteiger charge is -2.32. The molecule has 1 aliphatic heterocycles. The zero-order valence-electron chi connectivity index (χ0n) is 13.0. The van der Waals surface area contributed by atoms with E-state index in [-0.39, 0.29) is 11.9 Å². The number of pyridine rings is 1. The van der Waals surface area contributed by atoms with E-state index in [2.05, 4.69) is 22.1 Å². The molecule has 2 rings (SSSR count). The standard InChI is InChI=1S/C16H26FN3O/c1-3-18-16(15-5-4-13(17)12-19-15)8-11-20-9-6-14(21-2)7-10-20/h4-5,12,14,16,18H,3,6-11H2,1-2H3. The van der Waals surface area contributed by atoms with Crippen LogP contribution in [0.15, 0.2) is 18.3 Å². The van der Waals surface area contributed by atoms with Gasteiger partial charge in [0.15, 0.2) is 0 Å². The summed E-state index contributed by atoms with van der Waals surface area (Å²) >= 11 is 0. The van der Waals surface area contributed by atoms with Gasteiger partial charge in [0.1, 0.15) is 5.82 Å². The van der Waals surface area contributed by atoms with Gasteiger partial charge < -0.3 is 15.0 Å². The smallest absolute Gasteiger partial charge is 0.141 e. The Morgan fingerprint density at radius 2 is 2.19 bits per heavy atom. The molecule has 1 aromatic rings. The first kappa shape index (κ1) is 16.3. The van der Waals surface area contributed by atoms with E-state index in [1.54, 1.807) is 13.2 Å². The van der Waals surface area contributed by atoms with E-state index >= 15 is 0 Å². The molecule has 0 bridgehead atoms. The van der Waals surface area contributed by atoms with Crippen LogP contribution in [0.5, 0.6) is 0 Å². The third-order valence-corrected chi connectivity index (χ3v) is 4.16. The molecule has 1 saturated heterocycles. The van der Waals surface area contributed by atoms with E-state index in [0.29, 0.717) is 6.10 Å². The van der Waals surface area contributed by atoms with Gasteiger partial charge in [0, 0.05) is 26.7 Å². The quantitative estimate of drug-likeness (QED) is 0.838. The van der Waals surface area contributed by atoms with Crippen LogP contribution < -0.4 is 5.32 Å². The maximum absolute atomic E-state index is 13.0. The summed E-state index contributed by atoms with van der Waals surface area (Å²) in [6.45, 7) is 6.19. The molecule has 0 radical (unpaired) electrons. The summed E-state index contributed by atoms with van der Waals surface area (Å²) in [6, 6.07) is 3.45. The van der Waals surface area contributed by atoms with Crippen molar-refractivity contribution in [2.45, 2.75) is 38.3 Å². The molecule has 5 heteroatoms. The van der Waals surface area contributed by atoms with Gasteiger partial charge in [-0.1, -0.05) is 6.92 Å². The second kappa shape index (κ2) is 8.41. The number of nitrogens with zero attached hydrogens (tertiary/aromatic N) is 2. The number of ether oxygens (including phenoxy) is 1. The highest BCUT2D eigenvalue weighted by Gasteiger charge is 2.20. The summed E-state index contributed by atoms with van der Waals surface area (Å²) in [5.74, 6) is -0.282. The first-order valence-corrected chi connectivity index (χ1v) is 7.83. The largest absolute Gasteiger partial charge is 0.381 e. The van der Waals surface area contributed by atoms with Crippen molar-refractivity contribution in [2.75, 3.05) is 33.3 Å². The second-order valence-corrected chi connectivity index (χ2v) is 5.58. The average Bonchev–Trinajstić information content (AvgIpc) is 2.53. The van der Waals surface area contributed by atoms with Crippen molar-refractivity contribution in [2.24, 2.45) is 0 Å². The van der Waals surface area contributed by atoms with Crippen LogP contribution in [0.25, 0.3) is 0 Å². The zero-order chi connectivity index (χ0) is 15.1. The molecule has 0 spiro atoms. The molecule has 0 amide bonds. The number of rotatable bonds is 7. The highest BCUT2D eigenvalue weighted by molar-refractivity contribution is 5.10. The molecule has 2 heterocycles. The van der Waals surface area contributed by atoms with Crippen molar-refractivity contribution < 1.29 is 9.13 Å². The van der Waals surface area contributed by atoms with Gasteiger partial charge in [0.05, 0.1) is 24.0 Å². The van der Waals surface area contributed by atoms with Gasteiger partial charge in [-0.3, -0.25) is 4.98 Å². The van der Waals surface area contributed by atoms with E-state index < -0.39 is 0 Å². The Labute approximate surface area is 126 Å². The van der Waals surface area contributed by atoms with E-state index in [4.69, 9.17) is 4.74 Å². The van der Waals surface area contributed by atoms with Crippen molar-refractivity contribution in [3.05, 3.63) is 29.8 Å². The lowest BCUT2D eigenvalue weighted by molar-refractivity contribution is 0.0400. The van der Waals surface area contributed by atoms with Gasteiger partial charge in [-0.25, -0.2) is 4.39 Å². The number of hydrogen-bond acceptors (Lipinski definition) is 4. The molecule has 1 aliphatic rings. The highest BCUT2D eigenvalue weighted by atomic mass is 19.1. The molecule has 0 aliphatic carbocycles. The first-order valence-electron chi connectivity index (χ1n) is 7.83. The monoisotopic (exact) mass is 295 g/mol. The van der Waals surface area contributed by atoms with Crippen LogP contribution in [0.2, 0.25) is 0 Å². The molecule has 0 aromatic carbocycles. The van der Waals surface area contributed by atoms with Crippen LogP contribution in [0, 0.1) is 5.82 Å². The van der Waals surface area contributed by atoms with Gasteiger partial charge in [0.25, 0.3) is 0 Å².